The zero-order valence-electron chi connectivity index (χ0n) is 6.94. The summed E-state index contributed by atoms with van der Waals surface area (Å²) in [4.78, 5) is 7.65. The predicted molar refractivity (Wildman–Crippen MR) is 46.7 cm³/mol. The first kappa shape index (κ1) is 18.4. The summed E-state index contributed by atoms with van der Waals surface area (Å²) in [6.45, 7) is -1.68. The highest BCUT2D eigenvalue weighted by Gasteiger charge is 2.70. The van der Waals surface area contributed by atoms with Gasteiger partial charge in [0.1, 0.15) is 0 Å². The van der Waals surface area contributed by atoms with Crippen LogP contribution in [0.15, 0.2) is 0 Å². The summed E-state index contributed by atoms with van der Waals surface area (Å²) < 4.78 is 69.6. The maximum Gasteiger partial charge on any atom is 0.455 e. The zero-order chi connectivity index (χ0) is 13.8. The van der Waals surface area contributed by atoms with Crippen LogP contribution in [0.3, 0.4) is 0 Å². The number of hydrogen-bond donors (Lipinski definition) is 2. The lowest BCUT2D eigenvalue weighted by Crippen LogP contribution is -2.54. The van der Waals surface area contributed by atoms with Crippen LogP contribution in [-0.2, 0) is 0 Å². The molecule has 11 heteroatoms. The molecule has 0 bridgehead atoms. The molecule has 2 N–H and O–H groups in total. The fraction of sp³-hybridized carbons (Fsp3) is 0.600. The van der Waals surface area contributed by atoms with E-state index >= 15 is 0 Å². The van der Waals surface area contributed by atoms with E-state index in [1.807, 2.05) is 0 Å². The van der Waals surface area contributed by atoms with Gasteiger partial charge in [-0.25, -0.2) is 0 Å². The first-order chi connectivity index (χ1) is 6.79. The molecule has 0 heterocycles. The Balaban J connectivity index is 0. The van der Waals surface area contributed by atoms with Gasteiger partial charge in [0, 0.05) is 0 Å². The standard InChI is InChI=1S/C5H2F6O.Cl2HOP/c1-2-3(6,7)4(8,12)5(9,10)11;1-4(2)3/h1,12H;3H. The Kier molecular flexibility index (Phi) is 7.06. The fourth-order valence-electron chi connectivity index (χ4n) is 0.274. The smallest absolute Gasteiger partial charge is 0.349 e. The number of rotatable bonds is 1. The van der Waals surface area contributed by atoms with Crippen molar-refractivity contribution in [2.45, 2.75) is 18.0 Å². The van der Waals surface area contributed by atoms with Crippen molar-refractivity contribution < 1.29 is 36.3 Å². The summed E-state index contributed by atoms with van der Waals surface area (Å²) in [7, 11) is 0. The van der Waals surface area contributed by atoms with E-state index in [1.54, 1.807) is 0 Å². The summed E-state index contributed by atoms with van der Waals surface area (Å²) >= 11 is 9.32. The lowest BCUT2D eigenvalue weighted by molar-refractivity contribution is -0.371. The molecular formula is C5H3Cl2F6O2P. The highest BCUT2D eigenvalue weighted by atomic mass is 35.9. The fourth-order valence-corrected chi connectivity index (χ4v) is 0.274. The average molecular weight is 311 g/mol. The van der Waals surface area contributed by atoms with Crippen molar-refractivity contribution in [1.82, 2.24) is 0 Å². The third kappa shape index (κ3) is 5.41. The highest BCUT2D eigenvalue weighted by molar-refractivity contribution is 7.99. The Morgan fingerprint density at radius 2 is 1.31 bits per heavy atom. The first-order valence-electron chi connectivity index (χ1n) is 2.93. The molecule has 0 aromatic heterocycles. The van der Waals surface area contributed by atoms with E-state index in [4.69, 9.17) is 10.00 Å². The van der Waals surface area contributed by atoms with Crippen LogP contribution >= 0.6 is 29.3 Å². The summed E-state index contributed by atoms with van der Waals surface area (Å²) in [5, 5.41) is 7.69. The largest absolute Gasteiger partial charge is 0.455 e. The molecule has 0 saturated carbocycles. The van der Waals surface area contributed by atoms with E-state index < -0.39 is 24.8 Å². The monoisotopic (exact) mass is 310 g/mol. The normalized spacial score (nSPS) is 15.9. The second kappa shape index (κ2) is 6.12. The van der Waals surface area contributed by atoms with E-state index in [2.05, 4.69) is 28.9 Å². The Bertz CT molecular complexity index is 258. The average Bonchev–Trinajstić information content (AvgIpc) is 2.00. The van der Waals surface area contributed by atoms with Crippen molar-refractivity contribution in [2.24, 2.45) is 0 Å². The number of hydrogen-bond acceptors (Lipinski definition) is 2. The molecule has 1 atom stereocenters. The summed E-state index contributed by atoms with van der Waals surface area (Å²) in [6, 6.07) is 0. The molecule has 0 aliphatic rings. The van der Waals surface area contributed by atoms with Gasteiger partial charge < -0.3 is 10.00 Å². The molecule has 0 aromatic carbocycles. The third-order valence-electron chi connectivity index (χ3n) is 0.973. The maximum atomic E-state index is 11.9. The van der Waals surface area contributed by atoms with Crippen molar-refractivity contribution in [2.75, 3.05) is 0 Å². The summed E-state index contributed by atoms with van der Waals surface area (Å²) in [6.07, 6.45) is -2.23. The van der Waals surface area contributed by atoms with Crippen molar-refractivity contribution in [1.29, 1.82) is 0 Å². The summed E-state index contributed by atoms with van der Waals surface area (Å²) in [5.41, 5.74) is 0. The van der Waals surface area contributed by atoms with E-state index in [9.17, 15) is 26.3 Å². The molecule has 0 spiro atoms. The van der Waals surface area contributed by atoms with Gasteiger partial charge in [0.25, 0.3) is 0 Å². The minimum atomic E-state index is -6.12. The molecule has 0 fully saturated rings. The topological polar surface area (TPSA) is 40.5 Å². The first-order valence-corrected chi connectivity index (χ1v) is 6.04. The van der Waals surface area contributed by atoms with Crippen LogP contribution in [0, 0.1) is 12.3 Å². The van der Waals surface area contributed by atoms with Crippen LogP contribution < -0.4 is 0 Å². The molecular weight excluding hydrogens is 308 g/mol. The van der Waals surface area contributed by atoms with Crippen LogP contribution in [0.5, 0.6) is 0 Å². The van der Waals surface area contributed by atoms with Crippen LogP contribution in [0.2, 0.25) is 0 Å². The van der Waals surface area contributed by atoms with Gasteiger partial charge in [-0.05, 0) is 28.4 Å². The second-order valence-corrected chi connectivity index (χ2v) is 4.92. The van der Waals surface area contributed by atoms with Crippen LogP contribution in [-0.4, -0.2) is 28.0 Å². The van der Waals surface area contributed by atoms with Gasteiger partial charge >= 0.3 is 18.0 Å². The van der Waals surface area contributed by atoms with E-state index in [0.29, 0.717) is 0 Å². The van der Waals surface area contributed by atoms with Gasteiger partial charge in [0.2, 0.25) is 6.85 Å². The van der Waals surface area contributed by atoms with E-state index in [0.717, 1.165) is 0 Å². The lowest BCUT2D eigenvalue weighted by atomic mass is 10.1. The Morgan fingerprint density at radius 3 is 1.38 bits per heavy atom. The number of aliphatic hydroxyl groups is 1. The van der Waals surface area contributed by atoms with Gasteiger partial charge in [0.15, 0.2) is 0 Å². The second-order valence-electron chi connectivity index (χ2n) is 2.05. The molecule has 16 heavy (non-hydrogen) atoms. The molecule has 0 aromatic rings. The lowest BCUT2D eigenvalue weighted by Gasteiger charge is -2.26. The quantitative estimate of drug-likeness (QED) is 0.444. The van der Waals surface area contributed by atoms with Crippen LogP contribution in [0.1, 0.15) is 0 Å². The van der Waals surface area contributed by atoms with Gasteiger partial charge in [-0.3, -0.25) is 0 Å². The molecule has 0 aliphatic carbocycles. The van der Waals surface area contributed by atoms with Gasteiger partial charge in [-0.1, -0.05) is 0 Å². The molecule has 0 saturated heterocycles. The molecule has 0 aliphatic heterocycles. The molecule has 0 rings (SSSR count). The number of halogens is 8. The molecule has 2 nitrogen and oxygen atoms in total. The Morgan fingerprint density at radius 1 is 1.06 bits per heavy atom. The minimum Gasteiger partial charge on any atom is -0.349 e. The van der Waals surface area contributed by atoms with E-state index in [1.165, 1.54) is 0 Å². The van der Waals surface area contributed by atoms with Gasteiger partial charge in [0.05, 0.1) is 0 Å². The Hall–Kier alpha value is 0.0700. The Labute approximate surface area is 96.6 Å². The van der Waals surface area contributed by atoms with Crippen LogP contribution in [0.4, 0.5) is 26.3 Å². The molecule has 96 valence electrons. The van der Waals surface area contributed by atoms with Crippen LogP contribution in [0.25, 0.3) is 0 Å². The SMILES string of the molecule is C#CC(F)(F)C(O)(F)C(F)(F)F.OP(Cl)Cl. The molecule has 1 unspecified atom stereocenters. The predicted octanol–water partition coefficient (Wildman–Crippen LogP) is 3.16. The third-order valence-corrected chi connectivity index (χ3v) is 0.973. The minimum absolute atomic E-state index is 0.210. The number of alkyl halides is 6. The highest BCUT2D eigenvalue weighted by Crippen LogP contribution is 2.42. The maximum absolute atomic E-state index is 11.9. The van der Waals surface area contributed by atoms with Crippen molar-refractivity contribution in [3.05, 3.63) is 0 Å². The van der Waals surface area contributed by atoms with E-state index in [-0.39, 0.29) is 5.92 Å². The zero-order valence-corrected chi connectivity index (χ0v) is 9.35. The van der Waals surface area contributed by atoms with Crippen molar-refractivity contribution in [3.63, 3.8) is 0 Å². The van der Waals surface area contributed by atoms with Crippen molar-refractivity contribution >= 4 is 29.3 Å². The van der Waals surface area contributed by atoms with Gasteiger partial charge in [-0.15, -0.1) is 6.42 Å². The van der Waals surface area contributed by atoms with Crippen molar-refractivity contribution in [3.8, 4) is 12.3 Å². The molecule has 0 amide bonds. The molecule has 0 radical (unpaired) electrons. The summed E-state index contributed by atoms with van der Waals surface area (Å²) in [5.74, 6) is -10.8. The van der Waals surface area contributed by atoms with Gasteiger partial charge in [-0.2, -0.15) is 26.3 Å². The number of terminal acetylenes is 1.